The first-order valence-corrected chi connectivity index (χ1v) is 9.14. The first kappa shape index (κ1) is 23.6. The Hall–Kier alpha value is -1.39. The Morgan fingerprint density at radius 1 is 0.815 bits per heavy atom. The molecule has 2 aromatic rings. The van der Waals surface area contributed by atoms with E-state index in [0.717, 1.165) is 11.1 Å². The van der Waals surface area contributed by atoms with Gasteiger partial charge in [-0.1, -0.05) is 36.4 Å². The van der Waals surface area contributed by atoms with E-state index in [-0.39, 0.29) is 56.0 Å². The van der Waals surface area contributed by atoms with Crippen LogP contribution in [0.2, 0.25) is 0 Å². The van der Waals surface area contributed by atoms with Gasteiger partial charge in [-0.3, -0.25) is 4.18 Å². The summed E-state index contributed by atoms with van der Waals surface area (Å²) in [5.41, 5.74) is 1.95. The third-order valence-corrected chi connectivity index (χ3v) is 3.62. The fraction of sp³-hybridized carbons (Fsp3) is 0.222. The minimum Gasteiger partial charge on any atom is -0.726 e. The Bertz CT molecular complexity index is 803. The number of ether oxygens (including phenoxy) is 2. The van der Waals surface area contributed by atoms with E-state index in [0.29, 0.717) is 11.5 Å². The summed E-state index contributed by atoms with van der Waals surface area (Å²) >= 11 is 0. The van der Waals surface area contributed by atoms with Gasteiger partial charge in [-0.05, 0) is 35.4 Å². The molecule has 0 bridgehead atoms. The van der Waals surface area contributed by atoms with E-state index in [1.807, 2.05) is 48.6 Å². The van der Waals surface area contributed by atoms with Crippen molar-refractivity contribution in [2.75, 3.05) is 26.4 Å². The zero-order valence-electron chi connectivity index (χ0n) is 14.9. The Kier molecular flexibility index (Phi) is 10.6. The fourth-order valence-corrected chi connectivity index (χ4v) is 2.27. The van der Waals surface area contributed by atoms with Crippen molar-refractivity contribution in [3.05, 3.63) is 59.7 Å². The van der Waals surface area contributed by atoms with Crippen LogP contribution in [0.15, 0.2) is 48.5 Å². The second kappa shape index (κ2) is 12.1. The standard InChI is InChI=1S/C18H20O7S.Na/c19-11-12-23-17-7-3-15(4-8-17)1-2-16-5-9-18(10-6-16)24-13-14-25-26(20,21)22;/h1-10,19H,11-14H2,(H,20,21,22);/q;+1/p-1/b2-1+;. The van der Waals surface area contributed by atoms with Crippen molar-refractivity contribution in [3.8, 4) is 11.5 Å². The van der Waals surface area contributed by atoms with Crippen LogP contribution in [-0.2, 0) is 14.6 Å². The smallest absolute Gasteiger partial charge is 0.726 e. The average molecular weight is 402 g/mol. The van der Waals surface area contributed by atoms with Crippen LogP contribution < -0.4 is 39.0 Å². The van der Waals surface area contributed by atoms with Gasteiger partial charge in [-0.15, -0.1) is 0 Å². The molecule has 0 spiro atoms. The van der Waals surface area contributed by atoms with E-state index in [1.165, 1.54) is 0 Å². The number of aliphatic hydroxyl groups is 1. The van der Waals surface area contributed by atoms with Crippen molar-refractivity contribution in [1.29, 1.82) is 0 Å². The van der Waals surface area contributed by atoms with E-state index in [1.54, 1.807) is 12.1 Å². The first-order chi connectivity index (χ1) is 12.5. The van der Waals surface area contributed by atoms with Gasteiger partial charge in [0.2, 0.25) is 10.4 Å². The molecular formula is C18H19NaO7S. The van der Waals surface area contributed by atoms with E-state index in [9.17, 15) is 13.0 Å². The molecule has 27 heavy (non-hydrogen) atoms. The van der Waals surface area contributed by atoms with Crippen molar-refractivity contribution in [1.82, 2.24) is 0 Å². The number of aliphatic hydroxyl groups excluding tert-OH is 1. The quantitative estimate of drug-likeness (QED) is 0.180. The Balaban J connectivity index is 0.00000364. The molecule has 2 aromatic carbocycles. The molecule has 9 heteroatoms. The molecule has 2 rings (SSSR count). The third-order valence-electron chi connectivity index (χ3n) is 3.17. The average Bonchev–Trinajstić information content (AvgIpc) is 2.63. The molecule has 1 N–H and O–H groups in total. The minimum atomic E-state index is -4.68. The van der Waals surface area contributed by atoms with Crippen LogP contribution in [0.25, 0.3) is 12.2 Å². The number of hydrogen-bond donors (Lipinski definition) is 1. The third kappa shape index (κ3) is 9.92. The van der Waals surface area contributed by atoms with Crippen molar-refractivity contribution in [2.45, 2.75) is 0 Å². The van der Waals surface area contributed by atoms with Crippen LogP contribution in [0.5, 0.6) is 11.5 Å². The second-order valence-electron chi connectivity index (χ2n) is 5.12. The normalized spacial score (nSPS) is 11.2. The molecule has 0 atom stereocenters. The number of rotatable bonds is 10. The fourth-order valence-electron chi connectivity index (χ4n) is 2.00. The van der Waals surface area contributed by atoms with Gasteiger partial charge in [-0.2, -0.15) is 0 Å². The summed E-state index contributed by atoms with van der Waals surface area (Å²) in [6.07, 6.45) is 3.87. The van der Waals surface area contributed by atoms with Gasteiger partial charge in [0.25, 0.3) is 0 Å². The first-order valence-electron chi connectivity index (χ1n) is 7.81. The number of hydrogen-bond acceptors (Lipinski definition) is 7. The van der Waals surface area contributed by atoms with Gasteiger partial charge < -0.3 is 19.1 Å². The Morgan fingerprint density at radius 3 is 1.67 bits per heavy atom. The zero-order chi connectivity index (χ0) is 18.8. The van der Waals surface area contributed by atoms with E-state index < -0.39 is 10.4 Å². The van der Waals surface area contributed by atoms with Crippen LogP contribution in [-0.4, -0.2) is 44.5 Å². The van der Waals surface area contributed by atoms with Crippen LogP contribution in [0.3, 0.4) is 0 Å². The SMILES string of the molecule is O=S(=O)([O-])OCCOc1ccc(/C=C/c2ccc(OCCO)cc2)cc1.[Na+]. The largest absolute Gasteiger partial charge is 1.00 e. The van der Waals surface area contributed by atoms with Crippen molar-refractivity contribution < 1.29 is 61.3 Å². The van der Waals surface area contributed by atoms with Crippen molar-refractivity contribution >= 4 is 22.6 Å². The molecule has 0 heterocycles. The van der Waals surface area contributed by atoms with Gasteiger partial charge in [0.05, 0.1) is 13.2 Å². The summed E-state index contributed by atoms with van der Waals surface area (Å²) in [4.78, 5) is 0. The summed E-state index contributed by atoms with van der Waals surface area (Å²) in [6.45, 7) is -0.124. The molecular weight excluding hydrogens is 383 g/mol. The number of benzene rings is 2. The molecule has 0 fully saturated rings. The summed E-state index contributed by atoms with van der Waals surface area (Å²) in [6, 6.07) is 14.6. The second-order valence-corrected chi connectivity index (χ2v) is 6.17. The van der Waals surface area contributed by atoms with Crippen molar-refractivity contribution in [2.24, 2.45) is 0 Å². The van der Waals surface area contributed by atoms with Gasteiger partial charge in [0.15, 0.2) is 0 Å². The van der Waals surface area contributed by atoms with Gasteiger partial charge in [0.1, 0.15) is 24.7 Å². The predicted molar refractivity (Wildman–Crippen MR) is 95.5 cm³/mol. The maximum atomic E-state index is 10.3. The van der Waals surface area contributed by atoms with Crippen LogP contribution in [0.4, 0.5) is 0 Å². The van der Waals surface area contributed by atoms with Crippen LogP contribution >= 0.6 is 0 Å². The molecule has 7 nitrogen and oxygen atoms in total. The topological polar surface area (TPSA) is 105 Å². The molecule has 0 saturated heterocycles. The van der Waals surface area contributed by atoms with Gasteiger partial charge >= 0.3 is 29.6 Å². The molecule has 0 aliphatic heterocycles. The molecule has 0 aliphatic rings. The monoisotopic (exact) mass is 402 g/mol. The van der Waals surface area contributed by atoms with E-state index >= 15 is 0 Å². The minimum absolute atomic E-state index is 0. The van der Waals surface area contributed by atoms with E-state index in [2.05, 4.69) is 4.18 Å². The molecule has 0 radical (unpaired) electrons. The summed E-state index contributed by atoms with van der Waals surface area (Å²) in [5, 5.41) is 8.72. The predicted octanol–water partition coefficient (Wildman–Crippen LogP) is -0.912. The van der Waals surface area contributed by atoms with Crippen LogP contribution in [0.1, 0.15) is 11.1 Å². The molecule has 0 aromatic heterocycles. The zero-order valence-corrected chi connectivity index (χ0v) is 17.7. The maximum Gasteiger partial charge on any atom is 1.00 e. The summed E-state index contributed by atoms with van der Waals surface area (Å²) in [5.74, 6) is 1.24. The summed E-state index contributed by atoms with van der Waals surface area (Å²) in [7, 11) is -4.68. The molecule has 0 saturated carbocycles. The van der Waals surface area contributed by atoms with Gasteiger partial charge in [0, 0.05) is 0 Å². The Morgan fingerprint density at radius 2 is 1.26 bits per heavy atom. The van der Waals surface area contributed by atoms with Crippen LogP contribution in [0, 0.1) is 0 Å². The Labute approximate surface area is 180 Å². The molecule has 0 amide bonds. The van der Waals surface area contributed by atoms with Gasteiger partial charge in [-0.25, -0.2) is 8.42 Å². The maximum absolute atomic E-state index is 10.3. The molecule has 140 valence electrons. The molecule has 0 unspecified atom stereocenters. The van der Waals surface area contributed by atoms with Crippen molar-refractivity contribution in [3.63, 3.8) is 0 Å². The summed E-state index contributed by atoms with van der Waals surface area (Å²) < 4.78 is 45.5. The van der Waals surface area contributed by atoms with E-state index in [4.69, 9.17) is 14.6 Å². The molecule has 0 aliphatic carbocycles.